The van der Waals surface area contributed by atoms with Crippen LogP contribution in [-0.2, 0) is 0 Å². The summed E-state index contributed by atoms with van der Waals surface area (Å²) in [6.07, 6.45) is 3.76. The first-order valence-electron chi connectivity index (χ1n) is 3.58. The van der Waals surface area contributed by atoms with Crippen molar-refractivity contribution >= 4 is 22.9 Å². The van der Waals surface area contributed by atoms with Crippen LogP contribution in [-0.4, -0.2) is 16.4 Å². The van der Waals surface area contributed by atoms with Gasteiger partial charge in [-0.3, -0.25) is 0 Å². The van der Waals surface area contributed by atoms with Crippen molar-refractivity contribution in [1.29, 1.82) is 0 Å². The molecule has 0 saturated heterocycles. The van der Waals surface area contributed by atoms with Crippen LogP contribution in [0.3, 0.4) is 0 Å². The highest BCUT2D eigenvalue weighted by Gasteiger charge is 2.08. The Morgan fingerprint density at radius 3 is 3.08 bits per heavy atom. The SMILES string of the molecule is CSc1ccnc2onc(C)c12. The van der Waals surface area contributed by atoms with Crippen molar-refractivity contribution in [1.82, 2.24) is 10.1 Å². The standard InChI is InChI=1S/C8H8N2OS/c1-5-7-6(12-2)3-4-9-8(7)11-10-5/h3-4H,1-2H3. The lowest BCUT2D eigenvalue weighted by molar-refractivity contribution is 0.443. The zero-order valence-corrected chi connectivity index (χ0v) is 7.68. The highest BCUT2D eigenvalue weighted by atomic mass is 32.2. The van der Waals surface area contributed by atoms with E-state index in [2.05, 4.69) is 10.1 Å². The second kappa shape index (κ2) is 2.79. The third kappa shape index (κ3) is 0.992. The molecule has 0 saturated carbocycles. The Morgan fingerprint density at radius 1 is 1.50 bits per heavy atom. The van der Waals surface area contributed by atoms with Crippen molar-refractivity contribution < 1.29 is 4.52 Å². The normalized spacial score (nSPS) is 10.8. The van der Waals surface area contributed by atoms with Gasteiger partial charge in [0, 0.05) is 11.1 Å². The smallest absolute Gasteiger partial charge is 0.259 e. The topological polar surface area (TPSA) is 38.9 Å². The molecule has 0 aliphatic heterocycles. The van der Waals surface area contributed by atoms with Gasteiger partial charge in [0.2, 0.25) is 0 Å². The molecule has 0 radical (unpaired) electrons. The molecule has 0 bridgehead atoms. The second-order valence-corrected chi connectivity index (χ2v) is 3.31. The van der Waals surface area contributed by atoms with Gasteiger partial charge in [-0.05, 0) is 19.2 Å². The minimum atomic E-state index is 0.624. The fourth-order valence-corrected chi connectivity index (χ4v) is 1.79. The molecule has 2 heterocycles. The van der Waals surface area contributed by atoms with Gasteiger partial charge in [0.1, 0.15) is 0 Å². The number of hydrogen-bond acceptors (Lipinski definition) is 4. The third-order valence-electron chi connectivity index (χ3n) is 1.73. The Kier molecular flexibility index (Phi) is 1.77. The molecular formula is C8H8N2OS. The number of rotatable bonds is 1. The van der Waals surface area contributed by atoms with E-state index in [4.69, 9.17) is 4.52 Å². The monoisotopic (exact) mass is 180 g/mol. The molecule has 0 fully saturated rings. The average molecular weight is 180 g/mol. The summed E-state index contributed by atoms with van der Waals surface area (Å²) < 4.78 is 5.02. The molecule has 0 aliphatic rings. The first-order valence-corrected chi connectivity index (χ1v) is 4.80. The molecule has 62 valence electrons. The zero-order chi connectivity index (χ0) is 8.55. The molecule has 12 heavy (non-hydrogen) atoms. The first kappa shape index (κ1) is 7.61. The van der Waals surface area contributed by atoms with E-state index in [1.807, 2.05) is 19.2 Å². The molecule has 0 aliphatic carbocycles. The van der Waals surface area contributed by atoms with Gasteiger partial charge in [0.25, 0.3) is 5.71 Å². The lowest BCUT2D eigenvalue weighted by Crippen LogP contribution is -1.77. The predicted octanol–water partition coefficient (Wildman–Crippen LogP) is 2.25. The number of pyridine rings is 1. The molecule has 2 aromatic rings. The van der Waals surface area contributed by atoms with Crippen LogP contribution < -0.4 is 0 Å². The van der Waals surface area contributed by atoms with Crippen molar-refractivity contribution in [3.05, 3.63) is 18.0 Å². The van der Waals surface area contributed by atoms with Crippen molar-refractivity contribution in [2.75, 3.05) is 6.26 Å². The van der Waals surface area contributed by atoms with Crippen LogP contribution in [0.25, 0.3) is 11.1 Å². The Bertz CT molecular complexity index is 410. The maximum Gasteiger partial charge on any atom is 0.259 e. The quantitative estimate of drug-likeness (QED) is 0.631. The van der Waals surface area contributed by atoms with Crippen LogP contribution in [0.1, 0.15) is 5.69 Å². The van der Waals surface area contributed by atoms with Crippen molar-refractivity contribution in [2.24, 2.45) is 0 Å². The largest absolute Gasteiger partial charge is 0.336 e. The highest BCUT2D eigenvalue weighted by Crippen LogP contribution is 2.26. The zero-order valence-electron chi connectivity index (χ0n) is 6.87. The Labute approximate surface area is 74.2 Å². The van der Waals surface area contributed by atoms with Crippen LogP contribution in [0.5, 0.6) is 0 Å². The summed E-state index contributed by atoms with van der Waals surface area (Å²) >= 11 is 1.68. The van der Waals surface area contributed by atoms with Crippen LogP contribution >= 0.6 is 11.8 Å². The summed E-state index contributed by atoms with van der Waals surface area (Å²) in [6.45, 7) is 1.92. The van der Waals surface area contributed by atoms with E-state index >= 15 is 0 Å². The average Bonchev–Trinajstić information content (AvgIpc) is 2.48. The van der Waals surface area contributed by atoms with E-state index in [0.717, 1.165) is 11.1 Å². The minimum Gasteiger partial charge on any atom is -0.336 e. The molecule has 2 rings (SSSR count). The van der Waals surface area contributed by atoms with Gasteiger partial charge in [-0.25, -0.2) is 4.98 Å². The number of aryl methyl sites for hydroxylation is 1. The van der Waals surface area contributed by atoms with E-state index in [1.165, 1.54) is 4.90 Å². The van der Waals surface area contributed by atoms with Gasteiger partial charge in [0.15, 0.2) is 0 Å². The third-order valence-corrected chi connectivity index (χ3v) is 2.51. The van der Waals surface area contributed by atoms with E-state index in [0.29, 0.717) is 5.71 Å². The number of fused-ring (bicyclic) bond motifs is 1. The Balaban J connectivity index is 2.84. The number of thioether (sulfide) groups is 1. The van der Waals surface area contributed by atoms with Crippen LogP contribution in [0, 0.1) is 6.92 Å². The molecule has 0 unspecified atom stereocenters. The number of aromatic nitrogens is 2. The summed E-state index contributed by atoms with van der Waals surface area (Å²) in [5.74, 6) is 0. The van der Waals surface area contributed by atoms with Crippen molar-refractivity contribution in [2.45, 2.75) is 11.8 Å². The van der Waals surface area contributed by atoms with E-state index < -0.39 is 0 Å². The van der Waals surface area contributed by atoms with Crippen LogP contribution in [0.15, 0.2) is 21.7 Å². The van der Waals surface area contributed by atoms with E-state index in [1.54, 1.807) is 18.0 Å². The molecule has 0 atom stereocenters. The molecule has 0 amide bonds. The van der Waals surface area contributed by atoms with Gasteiger partial charge in [-0.2, -0.15) is 0 Å². The minimum absolute atomic E-state index is 0.624. The van der Waals surface area contributed by atoms with Crippen molar-refractivity contribution in [3.63, 3.8) is 0 Å². The van der Waals surface area contributed by atoms with E-state index in [9.17, 15) is 0 Å². The lowest BCUT2D eigenvalue weighted by Gasteiger charge is -1.95. The summed E-state index contributed by atoms with van der Waals surface area (Å²) in [4.78, 5) is 5.23. The molecule has 0 spiro atoms. The van der Waals surface area contributed by atoms with Crippen LogP contribution in [0.4, 0.5) is 0 Å². The maximum atomic E-state index is 5.02. The lowest BCUT2D eigenvalue weighted by atomic mass is 10.3. The molecule has 4 heteroatoms. The summed E-state index contributed by atoms with van der Waals surface area (Å²) in [5.41, 5.74) is 1.53. The number of hydrogen-bond donors (Lipinski definition) is 0. The fourth-order valence-electron chi connectivity index (χ4n) is 1.16. The fraction of sp³-hybridized carbons (Fsp3) is 0.250. The Hall–Kier alpha value is -1.03. The molecular weight excluding hydrogens is 172 g/mol. The van der Waals surface area contributed by atoms with Gasteiger partial charge >= 0.3 is 0 Å². The van der Waals surface area contributed by atoms with Gasteiger partial charge in [-0.15, -0.1) is 11.8 Å². The maximum absolute atomic E-state index is 5.02. The van der Waals surface area contributed by atoms with Gasteiger partial charge < -0.3 is 4.52 Å². The molecule has 0 N–H and O–H groups in total. The summed E-state index contributed by atoms with van der Waals surface area (Å²) in [7, 11) is 0. The highest BCUT2D eigenvalue weighted by molar-refractivity contribution is 7.98. The van der Waals surface area contributed by atoms with Crippen molar-refractivity contribution in [3.8, 4) is 0 Å². The van der Waals surface area contributed by atoms with Crippen LogP contribution in [0.2, 0.25) is 0 Å². The summed E-state index contributed by atoms with van der Waals surface area (Å²) in [5, 5.41) is 4.89. The number of nitrogens with zero attached hydrogens (tertiary/aromatic N) is 2. The Morgan fingerprint density at radius 2 is 2.33 bits per heavy atom. The van der Waals surface area contributed by atoms with Gasteiger partial charge in [-0.1, -0.05) is 5.16 Å². The first-order chi connectivity index (χ1) is 5.83. The second-order valence-electron chi connectivity index (χ2n) is 2.46. The molecule has 3 nitrogen and oxygen atoms in total. The van der Waals surface area contributed by atoms with E-state index in [-0.39, 0.29) is 0 Å². The van der Waals surface area contributed by atoms with Gasteiger partial charge in [0.05, 0.1) is 11.1 Å². The molecule has 0 aromatic carbocycles. The predicted molar refractivity (Wildman–Crippen MR) is 48.3 cm³/mol. The molecule has 2 aromatic heterocycles. The summed E-state index contributed by atoms with van der Waals surface area (Å²) in [6, 6.07) is 1.97.